The molecule has 0 amide bonds. The quantitative estimate of drug-likeness (QED) is 0.411. The molecule has 0 unspecified atom stereocenters. The van der Waals surface area contributed by atoms with Crippen molar-refractivity contribution in [3.63, 3.8) is 0 Å². The van der Waals surface area contributed by atoms with E-state index in [1.54, 1.807) is 31.5 Å². The molecule has 25 heavy (non-hydrogen) atoms. The monoisotopic (exact) mass is 456 g/mol. The molecule has 3 rings (SSSR count). The SMILES string of the molecule is COc1ccc(/C=N/n2c(-c3ccc(Cl)cc3Cl)n[nH]c2=S)cc1Br. The van der Waals surface area contributed by atoms with Crippen molar-refractivity contribution < 1.29 is 4.74 Å². The molecular formula is C16H11BrCl2N4OS. The highest BCUT2D eigenvalue weighted by Crippen LogP contribution is 2.29. The van der Waals surface area contributed by atoms with Crippen molar-refractivity contribution in [2.75, 3.05) is 7.11 Å². The Balaban J connectivity index is 2.00. The van der Waals surface area contributed by atoms with Gasteiger partial charge in [-0.05, 0) is 70.1 Å². The van der Waals surface area contributed by atoms with E-state index < -0.39 is 0 Å². The Bertz CT molecular complexity index is 1020. The van der Waals surface area contributed by atoms with E-state index in [4.69, 9.17) is 40.2 Å². The number of nitrogens with zero attached hydrogens (tertiary/aromatic N) is 3. The zero-order valence-corrected chi connectivity index (χ0v) is 16.7. The van der Waals surface area contributed by atoms with E-state index in [0.717, 1.165) is 15.8 Å². The van der Waals surface area contributed by atoms with Crippen LogP contribution in [0.2, 0.25) is 10.0 Å². The van der Waals surface area contributed by atoms with E-state index in [-0.39, 0.29) is 0 Å². The first-order valence-corrected chi connectivity index (χ1v) is 8.96. The number of nitrogens with one attached hydrogen (secondary N) is 1. The van der Waals surface area contributed by atoms with Crippen molar-refractivity contribution >= 4 is 57.6 Å². The molecule has 5 nitrogen and oxygen atoms in total. The fourth-order valence-corrected chi connectivity index (χ4v) is 3.36. The maximum Gasteiger partial charge on any atom is 0.216 e. The number of ether oxygens (including phenoxy) is 1. The molecule has 1 N–H and O–H groups in total. The zero-order chi connectivity index (χ0) is 18.0. The average molecular weight is 458 g/mol. The normalized spacial score (nSPS) is 11.2. The van der Waals surface area contributed by atoms with Crippen LogP contribution in [-0.2, 0) is 0 Å². The van der Waals surface area contributed by atoms with Crippen LogP contribution in [0.3, 0.4) is 0 Å². The maximum atomic E-state index is 6.26. The lowest BCUT2D eigenvalue weighted by atomic mass is 10.2. The van der Waals surface area contributed by atoms with Gasteiger partial charge in [0.2, 0.25) is 4.77 Å². The Morgan fingerprint density at radius 1 is 1.28 bits per heavy atom. The summed E-state index contributed by atoms with van der Waals surface area (Å²) in [6.45, 7) is 0. The van der Waals surface area contributed by atoms with Crippen molar-refractivity contribution in [1.29, 1.82) is 0 Å². The van der Waals surface area contributed by atoms with Gasteiger partial charge in [0.15, 0.2) is 5.82 Å². The molecule has 0 aliphatic heterocycles. The molecule has 0 saturated carbocycles. The minimum absolute atomic E-state index is 0.352. The topological polar surface area (TPSA) is 55.2 Å². The number of hydrogen-bond acceptors (Lipinski definition) is 4. The van der Waals surface area contributed by atoms with Crippen molar-refractivity contribution in [1.82, 2.24) is 14.9 Å². The molecule has 9 heteroatoms. The molecule has 0 aliphatic rings. The Kier molecular flexibility index (Phi) is 5.58. The number of rotatable bonds is 4. The lowest BCUT2D eigenvalue weighted by Gasteiger charge is -2.05. The van der Waals surface area contributed by atoms with E-state index in [1.807, 2.05) is 18.2 Å². The number of aromatic nitrogens is 3. The van der Waals surface area contributed by atoms with Crippen molar-refractivity contribution in [2.45, 2.75) is 0 Å². The summed E-state index contributed by atoms with van der Waals surface area (Å²) < 4.78 is 7.90. The summed E-state index contributed by atoms with van der Waals surface area (Å²) in [6.07, 6.45) is 1.67. The largest absolute Gasteiger partial charge is 0.496 e. The molecule has 0 spiro atoms. The molecule has 0 radical (unpaired) electrons. The van der Waals surface area contributed by atoms with Crippen LogP contribution in [0.5, 0.6) is 5.75 Å². The van der Waals surface area contributed by atoms with Gasteiger partial charge in [0.25, 0.3) is 0 Å². The number of halogens is 3. The Morgan fingerprint density at radius 2 is 2.08 bits per heavy atom. The minimum Gasteiger partial charge on any atom is -0.496 e. The van der Waals surface area contributed by atoms with Crippen LogP contribution in [0.4, 0.5) is 0 Å². The lowest BCUT2D eigenvalue weighted by Crippen LogP contribution is -1.96. The highest BCUT2D eigenvalue weighted by Gasteiger charge is 2.12. The molecule has 2 aromatic carbocycles. The number of methoxy groups -OCH3 is 1. The molecule has 0 atom stereocenters. The number of hydrogen-bond donors (Lipinski definition) is 1. The first-order valence-electron chi connectivity index (χ1n) is 7.00. The molecule has 0 aliphatic carbocycles. The van der Waals surface area contributed by atoms with Gasteiger partial charge in [-0.25, -0.2) is 5.10 Å². The van der Waals surface area contributed by atoms with Crippen LogP contribution in [-0.4, -0.2) is 28.2 Å². The summed E-state index contributed by atoms with van der Waals surface area (Å²) in [5.41, 5.74) is 1.54. The van der Waals surface area contributed by atoms with Crippen LogP contribution >= 0.6 is 51.3 Å². The Labute approximate surface area is 167 Å². The van der Waals surface area contributed by atoms with Gasteiger partial charge in [-0.1, -0.05) is 23.2 Å². The van der Waals surface area contributed by atoms with E-state index in [0.29, 0.717) is 26.2 Å². The van der Waals surface area contributed by atoms with Crippen LogP contribution in [0.15, 0.2) is 46.0 Å². The third-order valence-corrected chi connectivity index (χ3v) is 4.75. The second kappa shape index (κ2) is 7.70. The van der Waals surface area contributed by atoms with Crippen LogP contribution < -0.4 is 4.74 Å². The molecule has 0 fully saturated rings. The molecule has 3 aromatic rings. The number of H-pyrrole nitrogens is 1. The van der Waals surface area contributed by atoms with Crippen LogP contribution in [0.1, 0.15) is 5.56 Å². The maximum absolute atomic E-state index is 6.26. The molecule has 1 heterocycles. The average Bonchev–Trinajstić information content (AvgIpc) is 2.94. The predicted octanol–water partition coefficient (Wildman–Crippen LogP) is 5.57. The van der Waals surface area contributed by atoms with E-state index >= 15 is 0 Å². The van der Waals surface area contributed by atoms with Crippen LogP contribution in [0.25, 0.3) is 11.4 Å². The summed E-state index contributed by atoms with van der Waals surface area (Å²) in [7, 11) is 1.61. The van der Waals surface area contributed by atoms with Gasteiger partial charge in [0.1, 0.15) is 5.75 Å². The number of benzene rings is 2. The summed E-state index contributed by atoms with van der Waals surface area (Å²) in [4.78, 5) is 0. The van der Waals surface area contributed by atoms with Gasteiger partial charge >= 0.3 is 0 Å². The van der Waals surface area contributed by atoms with E-state index in [1.165, 1.54) is 4.68 Å². The molecular weight excluding hydrogens is 447 g/mol. The van der Waals surface area contributed by atoms with Gasteiger partial charge in [-0.15, -0.1) is 0 Å². The highest BCUT2D eigenvalue weighted by atomic mass is 79.9. The first-order chi connectivity index (χ1) is 12.0. The number of aromatic amines is 1. The Hall–Kier alpha value is -1.67. The second-order valence-corrected chi connectivity index (χ2v) is 7.01. The molecule has 0 saturated heterocycles. The lowest BCUT2D eigenvalue weighted by molar-refractivity contribution is 0.412. The van der Waals surface area contributed by atoms with Crippen molar-refractivity contribution in [3.8, 4) is 17.1 Å². The fourth-order valence-electron chi connectivity index (χ4n) is 2.13. The highest BCUT2D eigenvalue weighted by molar-refractivity contribution is 9.10. The fraction of sp³-hybridized carbons (Fsp3) is 0.0625. The molecule has 128 valence electrons. The van der Waals surface area contributed by atoms with Crippen molar-refractivity contribution in [2.24, 2.45) is 5.10 Å². The standard InChI is InChI=1S/C16H11BrCl2N4OS/c1-24-14-5-2-9(6-12(14)17)8-20-23-15(21-22-16(23)25)11-4-3-10(18)7-13(11)19/h2-8H,1H3,(H,22,25)/b20-8+. The van der Waals surface area contributed by atoms with E-state index in [2.05, 4.69) is 31.2 Å². The van der Waals surface area contributed by atoms with Gasteiger partial charge in [-0.2, -0.15) is 14.9 Å². The second-order valence-electron chi connectivity index (χ2n) is 4.93. The van der Waals surface area contributed by atoms with Gasteiger partial charge in [-0.3, -0.25) is 0 Å². The third kappa shape index (κ3) is 3.95. The van der Waals surface area contributed by atoms with Gasteiger partial charge < -0.3 is 4.74 Å². The zero-order valence-electron chi connectivity index (χ0n) is 12.8. The first kappa shape index (κ1) is 18.1. The van der Waals surface area contributed by atoms with E-state index in [9.17, 15) is 0 Å². The van der Waals surface area contributed by atoms with Crippen molar-refractivity contribution in [3.05, 3.63) is 61.3 Å². The van der Waals surface area contributed by atoms with Gasteiger partial charge in [0, 0.05) is 10.6 Å². The van der Waals surface area contributed by atoms with Gasteiger partial charge in [0.05, 0.1) is 22.8 Å². The molecule has 0 bridgehead atoms. The summed E-state index contributed by atoms with van der Waals surface area (Å²) in [6, 6.07) is 10.8. The van der Waals surface area contributed by atoms with Crippen LogP contribution in [0, 0.1) is 4.77 Å². The molecule has 1 aromatic heterocycles. The predicted molar refractivity (Wildman–Crippen MR) is 107 cm³/mol. The third-order valence-electron chi connectivity index (χ3n) is 3.32. The summed E-state index contributed by atoms with van der Waals surface area (Å²) in [5, 5.41) is 12.4. The smallest absolute Gasteiger partial charge is 0.216 e. The minimum atomic E-state index is 0.352. The summed E-state index contributed by atoms with van der Waals surface area (Å²) >= 11 is 20.9. The summed E-state index contributed by atoms with van der Waals surface area (Å²) in [5.74, 6) is 1.24. The Morgan fingerprint density at radius 3 is 2.76 bits per heavy atom.